The van der Waals surface area contributed by atoms with Gasteiger partial charge in [-0.2, -0.15) is 0 Å². The van der Waals surface area contributed by atoms with E-state index in [-0.39, 0.29) is 5.82 Å². The van der Waals surface area contributed by atoms with Crippen LogP contribution in [0.4, 0.5) is 10.1 Å². The van der Waals surface area contributed by atoms with E-state index in [1.807, 2.05) is 6.07 Å². The first-order chi connectivity index (χ1) is 12.2. The molecule has 1 saturated heterocycles. The molecule has 3 heteroatoms. The SMILES string of the molecule is C[C@@H]1Nc2ccc(F)cc2[C@@H]1CCN1CCC(c2ccccc2)CC1. The van der Waals surface area contributed by atoms with Crippen LogP contribution in [0.15, 0.2) is 48.5 Å². The minimum Gasteiger partial charge on any atom is -0.382 e. The van der Waals surface area contributed by atoms with Crippen LogP contribution in [0, 0.1) is 5.82 Å². The van der Waals surface area contributed by atoms with Crippen molar-refractivity contribution in [1.82, 2.24) is 4.90 Å². The van der Waals surface area contributed by atoms with E-state index in [0.29, 0.717) is 17.9 Å². The molecule has 4 rings (SSSR count). The molecule has 0 aliphatic carbocycles. The normalized spacial score (nSPS) is 24.1. The quantitative estimate of drug-likeness (QED) is 0.844. The fourth-order valence-electron chi connectivity index (χ4n) is 4.53. The summed E-state index contributed by atoms with van der Waals surface area (Å²) in [4.78, 5) is 2.59. The van der Waals surface area contributed by atoms with E-state index in [1.165, 1.54) is 31.5 Å². The zero-order valence-electron chi connectivity index (χ0n) is 14.9. The van der Waals surface area contributed by atoms with Gasteiger partial charge in [-0.15, -0.1) is 0 Å². The molecule has 25 heavy (non-hydrogen) atoms. The van der Waals surface area contributed by atoms with Crippen molar-refractivity contribution in [2.75, 3.05) is 25.0 Å². The Morgan fingerprint density at radius 3 is 2.60 bits per heavy atom. The molecule has 0 radical (unpaired) electrons. The maximum absolute atomic E-state index is 13.6. The fourth-order valence-corrected chi connectivity index (χ4v) is 4.53. The average molecular weight is 338 g/mol. The number of likely N-dealkylation sites (tertiary alicyclic amines) is 1. The van der Waals surface area contributed by atoms with Crippen LogP contribution in [-0.4, -0.2) is 30.6 Å². The van der Waals surface area contributed by atoms with Gasteiger partial charge in [-0.25, -0.2) is 4.39 Å². The monoisotopic (exact) mass is 338 g/mol. The van der Waals surface area contributed by atoms with Crippen LogP contribution in [0.25, 0.3) is 0 Å². The van der Waals surface area contributed by atoms with Gasteiger partial charge >= 0.3 is 0 Å². The van der Waals surface area contributed by atoms with Crippen LogP contribution in [0.1, 0.15) is 49.1 Å². The molecule has 1 N–H and O–H groups in total. The Labute approximate surface area is 150 Å². The second-order valence-corrected chi connectivity index (χ2v) is 7.59. The van der Waals surface area contributed by atoms with Crippen LogP contribution in [0.2, 0.25) is 0 Å². The molecule has 132 valence electrons. The van der Waals surface area contributed by atoms with Crippen molar-refractivity contribution in [2.45, 2.75) is 44.1 Å². The third-order valence-corrected chi connectivity index (χ3v) is 6.01. The molecule has 2 nitrogen and oxygen atoms in total. The Morgan fingerprint density at radius 1 is 1.08 bits per heavy atom. The molecule has 0 unspecified atom stereocenters. The van der Waals surface area contributed by atoms with Crippen LogP contribution < -0.4 is 5.32 Å². The van der Waals surface area contributed by atoms with Crippen molar-refractivity contribution in [2.24, 2.45) is 0 Å². The summed E-state index contributed by atoms with van der Waals surface area (Å²) in [6.07, 6.45) is 3.59. The first-order valence-corrected chi connectivity index (χ1v) is 9.54. The second-order valence-electron chi connectivity index (χ2n) is 7.59. The highest BCUT2D eigenvalue weighted by atomic mass is 19.1. The van der Waals surface area contributed by atoms with Gasteiger partial charge in [-0.05, 0) is 81.1 Å². The number of nitrogens with one attached hydrogen (secondary N) is 1. The lowest BCUT2D eigenvalue weighted by atomic mass is 9.88. The molecular weight excluding hydrogens is 311 g/mol. The number of fused-ring (bicyclic) bond motifs is 1. The van der Waals surface area contributed by atoms with Gasteiger partial charge < -0.3 is 10.2 Å². The topological polar surface area (TPSA) is 15.3 Å². The van der Waals surface area contributed by atoms with E-state index in [1.54, 1.807) is 12.1 Å². The predicted molar refractivity (Wildman–Crippen MR) is 102 cm³/mol. The minimum atomic E-state index is -0.122. The average Bonchev–Trinajstić information content (AvgIpc) is 2.96. The van der Waals surface area contributed by atoms with Crippen LogP contribution in [0.5, 0.6) is 0 Å². The number of halogens is 1. The minimum absolute atomic E-state index is 0.122. The Balaban J connectivity index is 1.32. The largest absolute Gasteiger partial charge is 0.382 e. The standard InChI is InChI=1S/C22H27FN2/c1-16-20(21-15-19(23)7-8-22(21)24-16)11-14-25-12-9-18(10-13-25)17-5-3-2-4-6-17/h2-8,15-16,18,20,24H,9-14H2,1H3/t16-,20+/m0/s1. The summed E-state index contributed by atoms with van der Waals surface area (Å²) in [6, 6.07) is 16.4. The summed E-state index contributed by atoms with van der Waals surface area (Å²) in [7, 11) is 0. The Morgan fingerprint density at radius 2 is 1.84 bits per heavy atom. The Bertz CT molecular complexity index is 707. The lowest BCUT2D eigenvalue weighted by Gasteiger charge is -2.33. The third-order valence-electron chi connectivity index (χ3n) is 6.01. The second kappa shape index (κ2) is 7.17. The molecule has 0 bridgehead atoms. The fraction of sp³-hybridized carbons (Fsp3) is 0.455. The molecule has 0 aromatic heterocycles. The number of anilines is 1. The lowest BCUT2D eigenvalue weighted by Crippen LogP contribution is -2.35. The van der Waals surface area contributed by atoms with E-state index < -0.39 is 0 Å². The van der Waals surface area contributed by atoms with Gasteiger partial charge in [-0.3, -0.25) is 0 Å². The van der Waals surface area contributed by atoms with E-state index in [2.05, 4.69) is 47.5 Å². The van der Waals surface area contributed by atoms with Crippen LogP contribution >= 0.6 is 0 Å². The Hall–Kier alpha value is -1.87. The van der Waals surface area contributed by atoms with Gasteiger partial charge in [0.05, 0.1) is 0 Å². The molecule has 2 aliphatic heterocycles. The smallest absolute Gasteiger partial charge is 0.123 e. The highest BCUT2D eigenvalue weighted by molar-refractivity contribution is 5.59. The zero-order chi connectivity index (χ0) is 17.2. The molecule has 1 fully saturated rings. The highest BCUT2D eigenvalue weighted by Crippen LogP contribution is 2.38. The summed E-state index contributed by atoms with van der Waals surface area (Å²) in [5, 5.41) is 3.51. The molecule has 0 amide bonds. The van der Waals surface area contributed by atoms with Crippen molar-refractivity contribution in [3.8, 4) is 0 Å². The summed E-state index contributed by atoms with van der Waals surface area (Å²) >= 11 is 0. The van der Waals surface area contributed by atoms with E-state index in [4.69, 9.17) is 0 Å². The number of benzene rings is 2. The molecule has 2 aromatic rings. The molecule has 2 heterocycles. The van der Waals surface area contributed by atoms with Crippen LogP contribution in [0.3, 0.4) is 0 Å². The van der Waals surface area contributed by atoms with Gasteiger partial charge in [0.2, 0.25) is 0 Å². The molecule has 2 aromatic carbocycles. The predicted octanol–water partition coefficient (Wildman–Crippen LogP) is 4.99. The summed E-state index contributed by atoms with van der Waals surface area (Å²) in [5.41, 5.74) is 3.76. The molecule has 0 spiro atoms. The first-order valence-electron chi connectivity index (χ1n) is 9.54. The lowest BCUT2D eigenvalue weighted by molar-refractivity contribution is 0.204. The van der Waals surface area contributed by atoms with Gasteiger partial charge in [0.15, 0.2) is 0 Å². The summed E-state index contributed by atoms with van der Waals surface area (Å²) < 4.78 is 13.6. The van der Waals surface area contributed by atoms with E-state index in [0.717, 1.165) is 24.2 Å². The number of piperidine rings is 1. The number of hydrogen-bond acceptors (Lipinski definition) is 2. The van der Waals surface area contributed by atoms with Gasteiger partial charge in [-0.1, -0.05) is 30.3 Å². The summed E-state index contributed by atoms with van der Waals surface area (Å²) in [6.45, 7) is 5.66. The maximum atomic E-state index is 13.6. The Kier molecular flexibility index (Phi) is 4.76. The maximum Gasteiger partial charge on any atom is 0.123 e. The zero-order valence-corrected chi connectivity index (χ0v) is 14.9. The number of hydrogen-bond donors (Lipinski definition) is 1. The van der Waals surface area contributed by atoms with Crippen molar-refractivity contribution >= 4 is 5.69 Å². The van der Waals surface area contributed by atoms with E-state index >= 15 is 0 Å². The molecular formula is C22H27FN2. The molecule has 2 aliphatic rings. The summed E-state index contributed by atoms with van der Waals surface area (Å²) in [5.74, 6) is 1.00. The van der Waals surface area contributed by atoms with Crippen molar-refractivity contribution in [1.29, 1.82) is 0 Å². The highest BCUT2D eigenvalue weighted by Gasteiger charge is 2.30. The number of nitrogens with zero attached hydrogens (tertiary/aromatic N) is 1. The first kappa shape index (κ1) is 16.6. The molecule has 0 saturated carbocycles. The van der Waals surface area contributed by atoms with Crippen molar-refractivity contribution in [3.05, 3.63) is 65.5 Å². The van der Waals surface area contributed by atoms with Gasteiger partial charge in [0, 0.05) is 17.6 Å². The number of rotatable bonds is 4. The van der Waals surface area contributed by atoms with Crippen molar-refractivity contribution in [3.63, 3.8) is 0 Å². The third kappa shape index (κ3) is 3.57. The van der Waals surface area contributed by atoms with Gasteiger partial charge in [0.1, 0.15) is 5.82 Å². The van der Waals surface area contributed by atoms with E-state index in [9.17, 15) is 4.39 Å². The van der Waals surface area contributed by atoms with Crippen molar-refractivity contribution < 1.29 is 4.39 Å². The molecule has 2 atom stereocenters. The van der Waals surface area contributed by atoms with Gasteiger partial charge in [0.25, 0.3) is 0 Å². The van der Waals surface area contributed by atoms with Crippen LogP contribution in [-0.2, 0) is 0 Å².